The number of nitrogens with one attached hydrogen (secondary N) is 1. The largest absolute Gasteiger partial charge is 0.301 e. The van der Waals surface area contributed by atoms with E-state index in [9.17, 15) is 15.3 Å². The Bertz CT molecular complexity index is 1030. The van der Waals surface area contributed by atoms with Crippen molar-refractivity contribution in [3.8, 4) is 12.1 Å². The van der Waals surface area contributed by atoms with Crippen LogP contribution in [0.1, 0.15) is 61.1 Å². The molecule has 8 heteroatoms. The molecule has 0 aromatic carbocycles. The fourth-order valence-corrected chi connectivity index (χ4v) is 5.22. The van der Waals surface area contributed by atoms with E-state index in [4.69, 9.17) is 0 Å². The van der Waals surface area contributed by atoms with Gasteiger partial charge in [-0.15, -0.1) is 11.3 Å². The highest BCUT2D eigenvalue weighted by atomic mass is 32.1. The first kappa shape index (κ1) is 16.6. The lowest BCUT2D eigenvalue weighted by molar-refractivity contribution is -0.124. The van der Waals surface area contributed by atoms with Crippen LogP contribution >= 0.6 is 11.3 Å². The molecule has 2 aliphatic rings. The Morgan fingerprint density at radius 1 is 1.27 bits per heavy atom. The minimum atomic E-state index is -0.876. The number of fused-ring (bicyclic) bond motifs is 5. The number of hydrogen-bond acceptors (Lipinski definition) is 7. The maximum atomic E-state index is 13.4. The quantitative estimate of drug-likeness (QED) is 0.876. The van der Waals surface area contributed by atoms with Crippen LogP contribution in [-0.4, -0.2) is 20.9 Å². The third-order valence-electron chi connectivity index (χ3n) is 5.88. The van der Waals surface area contributed by atoms with Gasteiger partial charge in [0.25, 0.3) is 0 Å². The summed E-state index contributed by atoms with van der Waals surface area (Å²) in [6, 6.07) is 3.88. The van der Waals surface area contributed by atoms with Gasteiger partial charge in [-0.3, -0.25) is 4.79 Å². The lowest BCUT2D eigenvalue weighted by atomic mass is 9.67. The average Bonchev–Trinajstić information content (AvgIpc) is 3.20. The van der Waals surface area contributed by atoms with Crippen molar-refractivity contribution in [2.24, 2.45) is 5.41 Å². The number of thiazole rings is 1. The maximum Gasteiger partial charge on any atom is 0.239 e. The Morgan fingerprint density at radius 2 is 1.96 bits per heavy atom. The number of aromatic nitrogens is 3. The first-order valence-corrected chi connectivity index (χ1v) is 9.19. The smallest absolute Gasteiger partial charge is 0.239 e. The zero-order valence-electron chi connectivity index (χ0n) is 14.6. The van der Waals surface area contributed by atoms with Gasteiger partial charge in [0.05, 0.1) is 22.5 Å². The highest BCUT2D eigenvalue weighted by Crippen LogP contribution is 2.67. The molecule has 7 nitrogen and oxygen atoms in total. The van der Waals surface area contributed by atoms with E-state index in [1.807, 2.05) is 38.3 Å². The SMILES string of the molecule is Cc1csc(NC(=O)C23CCC(c4nc(C#N)c(C#N)nc42)C3(C)C)n1. The van der Waals surface area contributed by atoms with Crippen LogP contribution in [0.3, 0.4) is 0 Å². The number of amides is 1. The Labute approximate surface area is 154 Å². The molecule has 130 valence electrons. The van der Waals surface area contributed by atoms with Crippen LogP contribution in [0.5, 0.6) is 0 Å². The van der Waals surface area contributed by atoms with Gasteiger partial charge in [-0.25, -0.2) is 15.0 Å². The van der Waals surface area contributed by atoms with Gasteiger partial charge in [0.15, 0.2) is 16.5 Å². The van der Waals surface area contributed by atoms with Crippen molar-refractivity contribution in [1.29, 1.82) is 10.5 Å². The minimum absolute atomic E-state index is 0.0214. The Kier molecular flexibility index (Phi) is 3.40. The molecule has 0 spiro atoms. The molecule has 2 atom stereocenters. The molecule has 26 heavy (non-hydrogen) atoms. The molecule has 2 aromatic rings. The molecule has 0 aliphatic heterocycles. The van der Waals surface area contributed by atoms with Crippen molar-refractivity contribution in [3.05, 3.63) is 33.8 Å². The molecule has 1 amide bonds. The first-order valence-electron chi connectivity index (χ1n) is 8.31. The van der Waals surface area contributed by atoms with E-state index in [0.29, 0.717) is 22.9 Å². The summed E-state index contributed by atoms with van der Waals surface area (Å²) < 4.78 is 0. The van der Waals surface area contributed by atoms with Gasteiger partial charge < -0.3 is 5.32 Å². The van der Waals surface area contributed by atoms with Gasteiger partial charge in [0, 0.05) is 11.3 Å². The molecule has 2 aromatic heterocycles. The summed E-state index contributed by atoms with van der Waals surface area (Å²) in [5, 5.41) is 24.0. The zero-order chi connectivity index (χ0) is 18.7. The van der Waals surface area contributed by atoms with Gasteiger partial charge in [-0.05, 0) is 25.2 Å². The molecule has 2 heterocycles. The predicted molar refractivity (Wildman–Crippen MR) is 94.4 cm³/mol. The summed E-state index contributed by atoms with van der Waals surface area (Å²) in [7, 11) is 0. The van der Waals surface area contributed by atoms with Crippen LogP contribution in [0.2, 0.25) is 0 Å². The van der Waals surface area contributed by atoms with Crippen LogP contribution in [0.15, 0.2) is 5.38 Å². The van der Waals surface area contributed by atoms with E-state index >= 15 is 0 Å². The zero-order valence-corrected chi connectivity index (χ0v) is 15.4. The average molecular weight is 364 g/mol. The summed E-state index contributed by atoms with van der Waals surface area (Å²) >= 11 is 1.38. The molecule has 4 rings (SSSR count). The fraction of sp³-hybridized carbons (Fsp3) is 0.444. The number of anilines is 1. The summed E-state index contributed by atoms with van der Waals surface area (Å²) in [6.45, 7) is 5.95. The van der Waals surface area contributed by atoms with E-state index in [2.05, 4.69) is 20.3 Å². The summed E-state index contributed by atoms with van der Waals surface area (Å²) in [5.74, 6) is -0.130. The normalized spacial score (nSPS) is 24.6. The van der Waals surface area contributed by atoms with Crippen LogP contribution in [0.25, 0.3) is 0 Å². The number of rotatable bonds is 2. The molecule has 2 unspecified atom stereocenters. The third-order valence-corrected chi connectivity index (χ3v) is 6.75. The van der Waals surface area contributed by atoms with Crippen molar-refractivity contribution in [2.75, 3.05) is 5.32 Å². The second-order valence-electron chi connectivity index (χ2n) is 7.34. The summed E-state index contributed by atoms with van der Waals surface area (Å²) in [5.41, 5.74) is 0.796. The molecule has 1 fully saturated rings. The maximum absolute atomic E-state index is 13.4. The summed E-state index contributed by atoms with van der Waals surface area (Å²) in [6.07, 6.45) is 1.44. The number of hydrogen-bond donors (Lipinski definition) is 1. The first-order chi connectivity index (χ1) is 12.3. The number of nitriles is 2. The van der Waals surface area contributed by atoms with Crippen molar-refractivity contribution < 1.29 is 4.79 Å². The second-order valence-corrected chi connectivity index (χ2v) is 8.20. The van der Waals surface area contributed by atoms with E-state index in [-0.39, 0.29) is 23.2 Å². The summed E-state index contributed by atoms with van der Waals surface area (Å²) in [4.78, 5) is 26.6. The lowest BCUT2D eigenvalue weighted by Crippen LogP contribution is -2.46. The Balaban J connectivity index is 1.87. The van der Waals surface area contributed by atoms with Crippen molar-refractivity contribution in [1.82, 2.24) is 15.0 Å². The van der Waals surface area contributed by atoms with Gasteiger partial charge >= 0.3 is 0 Å². The standard InChI is InChI=1S/C18H16N6OS/c1-9-8-26-16(21-9)24-15(25)18-5-4-10(17(18,2)3)13-14(18)23-12(7-20)11(6-19)22-13/h8,10H,4-5H2,1-3H3,(H,21,24,25). The van der Waals surface area contributed by atoms with Crippen LogP contribution in [0, 0.1) is 35.0 Å². The van der Waals surface area contributed by atoms with Gasteiger partial charge in [0.2, 0.25) is 5.91 Å². The van der Waals surface area contributed by atoms with Gasteiger partial charge in [-0.2, -0.15) is 10.5 Å². The molecule has 2 aliphatic carbocycles. The number of carbonyl (C=O) groups is 1. The highest BCUT2D eigenvalue weighted by Gasteiger charge is 2.68. The molecular formula is C18H16N6OS. The molecule has 0 saturated heterocycles. The van der Waals surface area contributed by atoms with E-state index in [0.717, 1.165) is 12.1 Å². The number of aryl methyl sites for hydroxylation is 1. The number of carbonyl (C=O) groups excluding carboxylic acids is 1. The van der Waals surface area contributed by atoms with Crippen LogP contribution in [0.4, 0.5) is 5.13 Å². The molecule has 0 radical (unpaired) electrons. The van der Waals surface area contributed by atoms with Gasteiger partial charge in [-0.1, -0.05) is 13.8 Å². The van der Waals surface area contributed by atoms with Crippen molar-refractivity contribution >= 4 is 22.4 Å². The Morgan fingerprint density at radius 3 is 2.58 bits per heavy atom. The van der Waals surface area contributed by atoms with Crippen molar-refractivity contribution in [3.63, 3.8) is 0 Å². The fourth-order valence-electron chi connectivity index (χ4n) is 4.53. The lowest BCUT2D eigenvalue weighted by Gasteiger charge is -2.35. The van der Waals surface area contributed by atoms with E-state index in [1.165, 1.54) is 11.3 Å². The second kappa shape index (κ2) is 5.33. The molecule has 1 saturated carbocycles. The third kappa shape index (κ3) is 1.91. The monoisotopic (exact) mass is 364 g/mol. The Hall–Kier alpha value is -2.84. The van der Waals surface area contributed by atoms with Gasteiger partial charge in [0.1, 0.15) is 12.1 Å². The minimum Gasteiger partial charge on any atom is -0.301 e. The number of nitrogens with zero attached hydrogens (tertiary/aromatic N) is 5. The van der Waals surface area contributed by atoms with Crippen LogP contribution in [-0.2, 0) is 10.2 Å². The molecule has 2 bridgehead atoms. The highest BCUT2D eigenvalue weighted by molar-refractivity contribution is 7.13. The van der Waals surface area contributed by atoms with Crippen molar-refractivity contribution in [2.45, 2.75) is 44.9 Å². The topological polar surface area (TPSA) is 115 Å². The van der Waals surface area contributed by atoms with E-state index in [1.54, 1.807) is 0 Å². The molecule has 1 N–H and O–H groups in total. The van der Waals surface area contributed by atoms with E-state index < -0.39 is 10.8 Å². The van der Waals surface area contributed by atoms with Crippen LogP contribution < -0.4 is 5.32 Å². The predicted octanol–water partition coefficient (Wildman–Crippen LogP) is 2.78. The molecular weight excluding hydrogens is 348 g/mol.